The third kappa shape index (κ3) is 7.41. The number of urea groups is 1. The standard InChI is InChI=1S/C36H32ClN11O6/c37-23-3-8-28(48-20-39-43-44-48)29(16-23)46-13-14-47(35(53)34(46)52)30(33(51)40-25-6-7-27-26(17-25)31(49)18-32(50)42-27)15-21-1-4-24(5-2-21)41-36(54)45-11-9-22(19-38)10-12-45/h1-8,16-18,20,22,30H,9-15H2,(H,40,51)(H,41,54)(H2,42,49,50). The third-order valence-corrected chi connectivity index (χ3v) is 9.68. The van der Waals surface area contributed by atoms with Crippen LogP contribution in [0.25, 0.3) is 16.6 Å². The number of likely N-dealkylation sites (tertiary alicyclic amines) is 1. The number of nitrogens with zero attached hydrogens (tertiary/aromatic N) is 8. The van der Waals surface area contributed by atoms with Crippen LogP contribution in [0.5, 0.6) is 5.75 Å². The first-order valence-electron chi connectivity index (χ1n) is 16.9. The average Bonchev–Trinajstić information content (AvgIpc) is 3.71. The molecular formula is C36H32ClN11O6. The maximum atomic E-state index is 14.1. The Balaban J connectivity index is 1.13. The minimum absolute atomic E-state index is 0.0000546. The number of piperazine rings is 1. The van der Waals surface area contributed by atoms with Gasteiger partial charge in [-0.15, -0.1) is 5.10 Å². The maximum Gasteiger partial charge on any atom is 0.321 e. The summed E-state index contributed by atoms with van der Waals surface area (Å²) in [4.78, 5) is 73.3. The van der Waals surface area contributed by atoms with Gasteiger partial charge in [0.15, 0.2) is 0 Å². The molecule has 7 rings (SSSR count). The van der Waals surface area contributed by atoms with Gasteiger partial charge in [0.05, 0.1) is 23.0 Å². The van der Waals surface area contributed by atoms with Crippen LogP contribution in [0.2, 0.25) is 5.02 Å². The fraction of sp³-hybridized carbons (Fsp3) is 0.250. The minimum atomic E-state index is -1.18. The number of aromatic nitrogens is 5. The summed E-state index contributed by atoms with van der Waals surface area (Å²) < 4.78 is 1.34. The summed E-state index contributed by atoms with van der Waals surface area (Å²) in [6, 6.07) is 17.9. The van der Waals surface area contributed by atoms with Crippen LogP contribution < -0.4 is 21.1 Å². The van der Waals surface area contributed by atoms with Gasteiger partial charge < -0.3 is 35.4 Å². The molecule has 54 heavy (non-hydrogen) atoms. The van der Waals surface area contributed by atoms with E-state index < -0.39 is 29.3 Å². The number of aromatic amines is 1. The molecule has 0 aliphatic carbocycles. The molecule has 18 heteroatoms. The number of halogens is 1. The van der Waals surface area contributed by atoms with E-state index in [0.717, 1.165) is 6.07 Å². The monoisotopic (exact) mass is 749 g/mol. The zero-order valence-electron chi connectivity index (χ0n) is 28.5. The number of aromatic hydroxyl groups is 1. The Morgan fingerprint density at radius 2 is 1.69 bits per heavy atom. The number of H-pyrrole nitrogens is 1. The lowest BCUT2D eigenvalue weighted by Gasteiger charge is -2.38. The third-order valence-electron chi connectivity index (χ3n) is 9.44. The highest BCUT2D eigenvalue weighted by atomic mass is 35.5. The molecular weight excluding hydrogens is 718 g/mol. The predicted molar refractivity (Wildman–Crippen MR) is 196 cm³/mol. The molecule has 0 radical (unpaired) electrons. The number of fused-ring (bicyclic) bond motifs is 1. The van der Waals surface area contributed by atoms with Crippen molar-refractivity contribution in [3.05, 3.63) is 94.0 Å². The lowest BCUT2D eigenvalue weighted by molar-refractivity contribution is -0.149. The molecule has 4 N–H and O–H groups in total. The Morgan fingerprint density at radius 1 is 0.926 bits per heavy atom. The van der Waals surface area contributed by atoms with E-state index in [-0.39, 0.29) is 48.3 Å². The zero-order chi connectivity index (χ0) is 37.9. The van der Waals surface area contributed by atoms with E-state index in [2.05, 4.69) is 37.2 Å². The number of rotatable bonds is 8. The number of nitrogens with one attached hydrogen (secondary N) is 3. The molecule has 2 aliphatic heterocycles. The molecule has 1 atom stereocenters. The zero-order valence-corrected chi connectivity index (χ0v) is 29.2. The van der Waals surface area contributed by atoms with Gasteiger partial charge in [-0.1, -0.05) is 23.7 Å². The number of hydrogen-bond donors (Lipinski definition) is 4. The van der Waals surface area contributed by atoms with Crippen molar-refractivity contribution in [3.8, 4) is 17.5 Å². The average molecular weight is 750 g/mol. The second-order valence-corrected chi connectivity index (χ2v) is 13.3. The molecule has 3 aromatic carbocycles. The largest absolute Gasteiger partial charge is 0.507 e. The number of amides is 5. The predicted octanol–water partition coefficient (Wildman–Crippen LogP) is 3.06. The van der Waals surface area contributed by atoms with Gasteiger partial charge in [-0.05, 0) is 77.4 Å². The van der Waals surface area contributed by atoms with E-state index in [0.29, 0.717) is 59.1 Å². The summed E-state index contributed by atoms with van der Waals surface area (Å²) in [5, 5.41) is 37.0. The summed E-state index contributed by atoms with van der Waals surface area (Å²) in [5.41, 5.74) is 2.00. The lowest BCUT2D eigenvalue weighted by Crippen LogP contribution is -2.60. The van der Waals surface area contributed by atoms with Crippen LogP contribution in [0.1, 0.15) is 18.4 Å². The van der Waals surface area contributed by atoms with Crippen LogP contribution in [0.4, 0.5) is 21.9 Å². The van der Waals surface area contributed by atoms with Gasteiger partial charge in [0, 0.05) is 66.4 Å². The molecule has 2 aromatic heterocycles. The van der Waals surface area contributed by atoms with Gasteiger partial charge in [0.1, 0.15) is 18.1 Å². The molecule has 2 fully saturated rings. The maximum absolute atomic E-state index is 14.1. The number of piperidine rings is 1. The first-order chi connectivity index (χ1) is 26.1. The Morgan fingerprint density at radius 3 is 2.41 bits per heavy atom. The lowest BCUT2D eigenvalue weighted by atomic mass is 9.99. The molecule has 2 aliphatic rings. The molecule has 2 saturated heterocycles. The van der Waals surface area contributed by atoms with Gasteiger partial charge in [-0.3, -0.25) is 19.2 Å². The molecule has 0 spiro atoms. The van der Waals surface area contributed by atoms with Gasteiger partial charge in [-0.2, -0.15) is 9.94 Å². The van der Waals surface area contributed by atoms with Gasteiger partial charge >= 0.3 is 17.8 Å². The second-order valence-electron chi connectivity index (χ2n) is 12.8. The van der Waals surface area contributed by atoms with Crippen LogP contribution in [0.3, 0.4) is 0 Å². The van der Waals surface area contributed by atoms with Crippen molar-refractivity contribution in [3.63, 3.8) is 0 Å². The Labute approximate surface area is 311 Å². The summed E-state index contributed by atoms with van der Waals surface area (Å²) in [6.07, 6.45) is 2.57. The fourth-order valence-electron chi connectivity index (χ4n) is 6.60. The number of tetrazole rings is 1. The van der Waals surface area contributed by atoms with E-state index in [1.807, 2.05) is 0 Å². The van der Waals surface area contributed by atoms with Crippen LogP contribution >= 0.6 is 11.6 Å². The summed E-state index contributed by atoms with van der Waals surface area (Å²) >= 11 is 6.30. The second kappa shape index (κ2) is 15.0. The van der Waals surface area contributed by atoms with Crippen molar-refractivity contribution in [2.45, 2.75) is 25.3 Å². The molecule has 0 bridgehead atoms. The van der Waals surface area contributed by atoms with E-state index in [9.17, 15) is 29.1 Å². The number of pyridine rings is 1. The van der Waals surface area contributed by atoms with Crippen molar-refractivity contribution in [1.82, 2.24) is 35.0 Å². The Hall–Kier alpha value is -6.80. The SMILES string of the molecule is N#CC1CCN(C(=O)Nc2ccc(CC(C(=O)Nc3ccc4[nH]c(=O)cc(O)c4c3)N3CCN(c4cc(Cl)ccc4-n4cnnn4)C(=O)C3=O)cc2)CC1. The molecule has 1 unspecified atom stereocenters. The fourth-order valence-corrected chi connectivity index (χ4v) is 6.77. The molecule has 0 saturated carbocycles. The number of carbonyl (C=O) groups excluding carboxylic acids is 4. The summed E-state index contributed by atoms with van der Waals surface area (Å²) in [6.45, 7) is 0.937. The first kappa shape index (κ1) is 35.6. The van der Waals surface area contributed by atoms with Crippen molar-refractivity contribution < 1.29 is 24.3 Å². The van der Waals surface area contributed by atoms with Crippen LogP contribution in [-0.4, -0.2) is 96.1 Å². The van der Waals surface area contributed by atoms with Crippen molar-refractivity contribution in [2.75, 3.05) is 41.7 Å². The molecule has 4 heterocycles. The van der Waals surface area contributed by atoms with Crippen LogP contribution in [-0.2, 0) is 20.8 Å². The highest BCUT2D eigenvalue weighted by molar-refractivity contribution is 6.41. The molecule has 17 nitrogen and oxygen atoms in total. The Bertz CT molecular complexity index is 2350. The number of hydrogen-bond acceptors (Lipinski definition) is 10. The smallest absolute Gasteiger partial charge is 0.321 e. The molecule has 5 amide bonds. The topological polar surface area (TPSA) is 223 Å². The number of anilines is 3. The Kier molecular flexibility index (Phi) is 9.92. The van der Waals surface area contributed by atoms with Crippen molar-refractivity contribution in [1.29, 1.82) is 5.26 Å². The first-order valence-corrected chi connectivity index (χ1v) is 17.3. The van der Waals surface area contributed by atoms with Crippen LogP contribution in [0.15, 0.2) is 77.9 Å². The van der Waals surface area contributed by atoms with E-state index in [1.54, 1.807) is 41.3 Å². The van der Waals surface area contributed by atoms with Crippen molar-refractivity contribution >= 4 is 63.3 Å². The molecule has 5 aromatic rings. The summed E-state index contributed by atoms with van der Waals surface area (Å²) in [7, 11) is 0. The van der Waals surface area contributed by atoms with Gasteiger partial charge in [0.2, 0.25) is 5.91 Å². The normalized spacial score (nSPS) is 15.6. The quantitative estimate of drug-likeness (QED) is 0.170. The number of benzene rings is 3. The van der Waals surface area contributed by atoms with Crippen LogP contribution in [0, 0.1) is 17.2 Å². The van der Waals surface area contributed by atoms with Gasteiger partial charge in [-0.25, -0.2) is 4.79 Å². The summed E-state index contributed by atoms with van der Waals surface area (Å²) in [5.74, 6) is -2.77. The van der Waals surface area contributed by atoms with E-state index in [1.165, 1.54) is 45.1 Å². The van der Waals surface area contributed by atoms with E-state index in [4.69, 9.17) is 16.9 Å². The minimum Gasteiger partial charge on any atom is -0.507 e. The van der Waals surface area contributed by atoms with Crippen molar-refractivity contribution in [2.24, 2.45) is 5.92 Å². The van der Waals surface area contributed by atoms with Gasteiger partial charge in [0.25, 0.3) is 5.56 Å². The van der Waals surface area contributed by atoms with E-state index >= 15 is 0 Å². The molecule has 274 valence electrons. The highest BCUT2D eigenvalue weighted by Crippen LogP contribution is 2.31. The highest BCUT2D eigenvalue weighted by Gasteiger charge is 2.40. The number of carbonyl (C=O) groups is 4. The number of nitriles is 1.